The molecule has 4 atom stereocenters. The fraction of sp³-hybridized carbons (Fsp3) is 0.290. The standard InChI is InChI=1S/C31H29Cl3N4OS/c1-18-14-19(2)17-37(16-18)25-10-9-20(15-23(25)33)38-30(29(36-31(38)40)24-8-3-4-13-35-24)27-12-11-26(39-27)21-6-5-7-22(32)28(21)34/h3-13,15,18-19,29-30H,14,16-17H2,1-2H3,(H,36,40)/t18-,19+,29-,30-/m0/s1. The number of halogens is 3. The minimum absolute atomic E-state index is 0.246. The molecule has 0 spiro atoms. The molecule has 4 heterocycles. The van der Waals surface area contributed by atoms with Gasteiger partial charge in [-0.1, -0.05) is 60.8 Å². The lowest BCUT2D eigenvalue weighted by atomic mass is 9.91. The van der Waals surface area contributed by atoms with E-state index in [1.807, 2.05) is 48.5 Å². The number of nitrogens with one attached hydrogen (secondary N) is 1. The maximum absolute atomic E-state index is 6.95. The summed E-state index contributed by atoms with van der Waals surface area (Å²) in [6.07, 6.45) is 3.02. The van der Waals surface area contributed by atoms with Crippen LogP contribution in [0.25, 0.3) is 11.3 Å². The molecule has 2 aliphatic heterocycles. The SMILES string of the molecule is C[C@@H]1C[C@H](C)CN(c2ccc(N3C(=S)N[C@@H](c4ccccn4)[C@@H]3c3ccc(-c4cccc(Cl)c4Cl)o3)cc2Cl)C1. The third-order valence-corrected chi connectivity index (χ3v) is 9.09. The predicted octanol–water partition coefficient (Wildman–Crippen LogP) is 8.96. The molecule has 40 heavy (non-hydrogen) atoms. The summed E-state index contributed by atoms with van der Waals surface area (Å²) in [6, 6.07) is 20.9. The average Bonchev–Trinajstić information content (AvgIpc) is 3.54. The van der Waals surface area contributed by atoms with Gasteiger partial charge in [-0.25, -0.2) is 0 Å². The van der Waals surface area contributed by atoms with Gasteiger partial charge in [0.15, 0.2) is 5.11 Å². The van der Waals surface area contributed by atoms with E-state index in [1.54, 1.807) is 12.3 Å². The van der Waals surface area contributed by atoms with Gasteiger partial charge in [-0.3, -0.25) is 4.98 Å². The zero-order chi connectivity index (χ0) is 28.0. The van der Waals surface area contributed by atoms with E-state index in [0.717, 1.165) is 35.7 Å². The second-order valence-electron chi connectivity index (χ2n) is 10.8. The van der Waals surface area contributed by atoms with Crippen LogP contribution in [0.3, 0.4) is 0 Å². The Balaban J connectivity index is 1.40. The Morgan fingerprint density at radius 2 is 1.73 bits per heavy atom. The number of hydrogen-bond acceptors (Lipinski definition) is 4. The summed E-state index contributed by atoms with van der Waals surface area (Å²) in [5, 5.41) is 5.68. The predicted molar refractivity (Wildman–Crippen MR) is 169 cm³/mol. The highest BCUT2D eigenvalue weighted by molar-refractivity contribution is 7.80. The fourth-order valence-electron chi connectivity index (χ4n) is 6.03. The smallest absolute Gasteiger partial charge is 0.174 e. The molecule has 2 saturated heterocycles. The van der Waals surface area contributed by atoms with Crippen LogP contribution in [0.5, 0.6) is 0 Å². The zero-order valence-electron chi connectivity index (χ0n) is 22.2. The number of aromatic nitrogens is 1. The van der Waals surface area contributed by atoms with E-state index in [9.17, 15) is 0 Å². The van der Waals surface area contributed by atoms with E-state index in [4.69, 9.17) is 51.4 Å². The molecule has 6 rings (SSSR count). The molecular weight excluding hydrogens is 583 g/mol. The third-order valence-electron chi connectivity index (χ3n) is 7.65. The second-order valence-corrected chi connectivity index (χ2v) is 12.4. The van der Waals surface area contributed by atoms with Gasteiger partial charge in [-0.05, 0) is 85.1 Å². The molecule has 0 saturated carbocycles. The van der Waals surface area contributed by atoms with Gasteiger partial charge in [-0.2, -0.15) is 0 Å². The normalized spacial score (nSPS) is 23.0. The van der Waals surface area contributed by atoms with Crippen molar-refractivity contribution in [2.75, 3.05) is 22.9 Å². The molecule has 206 valence electrons. The van der Waals surface area contributed by atoms with Crippen molar-refractivity contribution in [1.29, 1.82) is 0 Å². The molecule has 0 amide bonds. The second kappa shape index (κ2) is 11.2. The fourth-order valence-corrected chi connectivity index (χ4v) is 7.07. The van der Waals surface area contributed by atoms with E-state index in [-0.39, 0.29) is 12.1 Å². The van der Waals surface area contributed by atoms with Gasteiger partial charge in [0.25, 0.3) is 0 Å². The van der Waals surface area contributed by atoms with Crippen molar-refractivity contribution in [3.63, 3.8) is 0 Å². The van der Waals surface area contributed by atoms with Crippen LogP contribution in [0.4, 0.5) is 11.4 Å². The van der Waals surface area contributed by atoms with Gasteiger partial charge in [0.05, 0.1) is 32.5 Å². The van der Waals surface area contributed by atoms with Crippen LogP contribution in [-0.2, 0) is 0 Å². The van der Waals surface area contributed by atoms with Crippen molar-refractivity contribution in [2.24, 2.45) is 11.8 Å². The first-order valence-corrected chi connectivity index (χ1v) is 14.9. The van der Waals surface area contributed by atoms with E-state index in [1.165, 1.54) is 6.42 Å². The van der Waals surface area contributed by atoms with Crippen LogP contribution in [-0.4, -0.2) is 23.2 Å². The van der Waals surface area contributed by atoms with Crippen molar-refractivity contribution in [1.82, 2.24) is 10.3 Å². The summed E-state index contributed by atoms with van der Waals surface area (Å²) < 4.78 is 6.46. The number of anilines is 2. The lowest BCUT2D eigenvalue weighted by molar-refractivity contribution is 0.357. The highest BCUT2D eigenvalue weighted by Gasteiger charge is 2.43. The number of piperidine rings is 1. The molecule has 1 N–H and O–H groups in total. The lowest BCUT2D eigenvalue weighted by Gasteiger charge is -2.37. The van der Waals surface area contributed by atoms with E-state index < -0.39 is 0 Å². The summed E-state index contributed by atoms with van der Waals surface area (Å²) in [4.78, 5) is 9.09. The molecule has 0 bridgehead atoms. The summed E-state index contributed by atoms with van der Waals surface area (Å²) in [7, 11) is 0. The highest BCUT2D eigenvalue weighted by Crippen LogP contribution is 2.45. The molecule has 0 unspecified atom stereocenters. The van der Waals surface area contributed by atoms with Crippen LogP contribution in [0.2, 0.25) is 15.1 Å². The number of nitrogens with zero attached hydrogens (tertiary/aromatic N) is 3. The number of hydrogen-bond donors (Lipinski definition) is 1. The number of benzene rings is 2. The van der Waals surface area contributed by atoms with E-state index in [2.05, 4.69) is 46.1 Å². The van der Waals surface area contributed by atoms with Crippen LogP contribution in [0.15, 0.2) is 77.3 Å². The first kappa shape index (κ1) is 27.4. The molecular formula is C31H29Cl3N4OS. The van der Waals surface area contributed by atoms with Crippen LogP contribution in [0.1, 0.15) is 43.8 Å². The Kier molecular flexibility index (Phi) is 7.71. The van der Waals surface area contributed by atoms with Crippen LogP contribution < -0.4 is 15.1 Å². The maximum Gasteiger partial charge on any atom is 0.174 e. The van der Waals surface area contributed by atoms with Gasteiger partial charge < -0.3 is 19.5 Å². The minimum atomic E-state index is -0.314. The Labute approximate surface area is 255 Å². The summed E-state index contributed by atoms with van der Waals surface area (Å²) in [5.41, 5.74) is 3.52. The summed E-state index contributed by atoms with van der Waals surface area (Å²) in [5.74, 6) is 2.59. The zero-order valence-corrected chi connectivity index (χ0v) is 25.2. The highest BCUT2D eigenvalue weighted by atomic mass is 35.5. The molecule has 0 aliphatic carbocycles. The first-order chi connectivity index (χ1) is 19.3. The third kappa shape index (κ3) is 5.18. The lowest BCUT2D eigenvalue weighted by Crippen LogP contribution is -2.38. The van der Waals surface area contributed by atoms with Gasteiger partial charge in [-0.15, -0.1) is 0 Å². The van der Waals surface area contributed by atoms with Crippen molar-refractivity contribution < 1.29 is 4.42 Å². The van der Waals surface area contributed by atoms with E-state index in [0.29, 0.717) is 43.5 Å². The molecule has 4 aromatic rings. The van der Waals surface area contributed by atoms with Gasteiger partial charge >= 0.3 is 0 Å². The molecule has 0 radical (unpaired) electrons. The largest absolute Gasteiger partial charge is 0.459 e. The maximum atomic E-state index is 6.95. The first-order valence-electron chi connectivity index (χ1n) is 13.4. The Morgan fingerprint density at radius 3 is 2.45 bits per heavy atom. The van der Waals surface area contributed by atoms with Crippen molar-refractivity contribution in [3.05, 3.63) is 99.4 Å². The molecule has 2 aromatic heterocycles. The van der Waals surface area contributed by atoms with E-state index >= 15 is 0 Å². The summed E-state index contributed by atoms with van der Waals surface area (Å²) >= 11 is 25.7. The quantitative estimate of drug-likeness (QED) is 0.227. The average molecular weight is 612 g/mol. The van der Waals surface area contributed by atoms with Crippen molar-refractivity contribution in [2.45, 2.75) is 32.4 Å². The van der Waals surface area contributed by atoms with Crippen molar-refractivity contribution >= 4 is 63.5 Å². The monoisotopic (exact) mass is 610 g/mol. The molecule has 5 nitrogen and oxygen atoms in total. The number of furan rings is 1. The topological polar surface area (TPSA) is 44.5 Å². The van der Waals surface area contributed by atoms with Gasteiger partial charge in [0, 0.05) is 30.5 Å². The van der Waals surface area contributed by atoms with Gasteiger partial charge in [0.1, 0.15) is 17.6 Å². The molecule has 9 heteroatoms. The minimum Gasteiger partial charge on any atom is -0.459 e. The van der Waals surface area contributed by atoms with Crippen LogP contribution in [0, 0.1) is 11.8 Å². The number of thiocarbonyl (C=S) groups is 1. The Bertz CT molecular complexity index is 1530. The van der Waals surface area contributed by atoms with Crippen molar-refractivity contribution in [3.8, 4) is 11.3 Å². The molecule has 2 aromatic carbocycles. The van der Waals surface area contributed by atoms with Gasteiger partial charge in [0.2, 0.25) is 0 Å². The Morgan fingerprint density at radius 1 is 0.925 bits per heavy atom. The summed E-state index contributed by atoms with van der Waals surface area (Å²) in [6.45, 7) is 6.60. The number of pyridine rings is 1. The Hall–Kier alpha value is -2.77. The number of rotatable bonds is 5. The molecule has 2 fully saturated rings. The molecule has 2 aliphatic rings. The van der Waals surface area contributed by atoms with Crippen LogP contribution >= 0.6 is 47.0 Å².